The van der Waals surface area contributed by atoms with Crippen LogP contribution >= 0.6 is 0 Å². The summed E-state index contributed by atoms with van der Waals surface area (Å²) >= 11 is 0. The molecular formula is C20H23N3O4. The fourth-order valence-electron chi connectivity index (χ4n) is 3.42. The van der Waals surface area contributed by atoms with Crippen molar-refractivity contribution in [2.75, 3.05) is 43.2 Å². The second-order valence-electron chi connectivity index (χ2n) is 6.77. The van der Waals surface area contributed by atoms with Crippen molar-refractivity contribution in [1.29, 1.82) is 0 Å². The summed E-state index contributed by atoms with van der Waals surface area (Å²) in [5.74, 6) is 1.59. The maximum atomic E-state index is 12.6. The summed E-state index contributed by atoms with van der Waals surface area (Å²) in [6.07, 6.45) is 0. The van der Waals surface area contributed by atoms with Crippen LogP contribution in [0, 0.1) is 0 Å². The fraction of sp³-hybridized carbons (Fsp3) is 0.350. The Morgan fingerprint density at radius 2 is 1.74 bits per heavy atom. The predicted molar refractivity (Wildman–Crippen MR) is 103 cm³/mol. The molecule has 0 aromatic heterocycles. The maximum absolute atomic E-state index is 12.6. The number of benzene rings is 2. The first kappa shape index (κ1) is 17.5. The lowest BCUT2D eigenvalue weighted by molar-refractivity contribution is -0.120. The second-order valence-corrected chi connectivity index (χ2v) is 6.77. The fourth-order valence-corrected chi connectivity index (χ4v) is 3.42. The number of carbonyl (C=O) groups excluding carboxylic acids is 1. The molecule has 0 bridgehead atoms. The lowest BCUT2D eigenvalue weighted by Gasteiger charge is -2.38. The predicted octanol–water partition coefficient (Wildman–Crippen LogP) is 2.27. The number of aromatic hydroxyl groups is 1. The molecule has 1 atom stereocenters. The molecule has 2 aliphatic heterocycles. The van der Waals surface area contributed by atoms with Gasteiger partial charge in [0.25, 0.3) is 0 Å². The van der Waals surface area contributed by atoms with Gasteiger partial charge in [0.05, 0.1) is 6.04 Å². The van der Waals surface area contributed by atoms with Crippen molar-refractivity contribution in [1.82, 2.24) is 4.90 Å². The monoisotopic (exact) mass is 369 g/mol. The SMILES string of the molecule is CC(C(=O)Nc1ccc2c(c1)OCO2)N1CCN(c2ccc(O)cc2)CC1. The Morgan fingerprint density at radius 1 is 1.04 bits per heavy atom. The summed E-state index contributed by atoms with van der Waals surface area (Å²) in [5, 5.41) is 12.4. The van der Waals surface area contributed by atoms with Crippen LogP contribution in [0.2, 0.25) is 0 Å². The number of ether oxygens (including phenoxy) is 2. The molecule has 2 heterocycles. The van der Waals surface area contributed by atoms with E-state index in [0.717, 1.165) is 31.9 Å². The van der Waals surface area contributed by atoms with Crippen molar-refractivity contribution >= 4 is 17.3 Å². The zero-order valence-electron chi connectivity index (χ0n) is 15.2. The first-order chi connectivity index (χ1) is 13.1. The molecule has 0 saturated carbocycles. The number of nitrogens with zero attached hydrogens (tertiary/aromatic N) is 2. The Bertz CT molecular complexity index is 816. The third-order valence-corrected chi connectivity index (χ3v) is 5.10. The van der Waals surface area contributed by atoms with Gasteiger partial charge in [-0.3, -0.25) is 9.69 Å². The number of anilines is 2. The second kappa shape index (κ2) is 7.36. The van der Waals surface area contributed by atoms with Gasteiger partial charge >= 0.3 is 0 Å². The minimum atomic E-state index is -0.225. The number of phenolic OH excluding ortho intramolecular Hbond substituents is 1. The summed E-state index contributed by atoms with van der Waals surface area (Å²) < 4.78 is 10.6. The van der Waals surface area contributed by atoms with Gasteiger partial charge in [0, 0.05) is 43.6 Å². The molecule has 1 saturated heterocycles. The van der Waals surface area contributed by atoms with Gasteiger partial charge in [-0.25, -0.2) is 0 Å². The lowest BCUT2D eigenvalue weighted by atomic mass is 10.2. The van der Waals surface area contributed by atoms with Crippen molar-refractivity contribution in [2.24, 2.45) is 0 Å². The molecule has 4 rings (SSSR count). The van der Waals surface area contributed by atoms with Crippen molar-refractivity contribution in [2.45, 2.75) is 13.0 Å². The van der Waals surface area contributed by atoms with E-state index in [-0.39, 0.29) is 24.5 Å². The quantitative estimate of drug-likeness (QED) is 0.861. The van der Waals surface area contributed by atoms with Crippen LogP contribution in [0.5, 0.6) is 17.2 Å². The molecule has 1 fully saturated rings. The van der Waals surface area contributed by atoms with Crippen molar-refractivity contribution in [3.63, 3.8) is 0 Å². The van der Waals surface area contributed by atoms with Gasteiger partial charge in [0.1, 0.15) is 5.75 Å². The van der Waals surface area contributed by atoms with Crippen LogP contribution in [0.4, 0.5) is 11.4 Å². The van der Waals surface area contributed by atoms with Crippen LogP contribution in [-0.2, 0) is 4.79 Å². The van der Waals surface area contributed by atoms with E-state index in [0.29, 0.717) is 17.2 Å². The van der Waals surface area contributed by atoms with E-state index in [1.165, 1.54) is 0 Å². The van der Waals surface area contributed by atoms with Gasteiger partial charge in [0.15, 0.2) is 11.5 Å². The minimum absolute atomic E-state index is 0.0352. The van der Waals surface area contributed by atoms with Crippen molar-refractivity contribution in [3.05, 3.63) is 42.5 Å². The van der Waals surface area contributed by atoms with Crippen LogP contribution in [0.15, 0.2) is 42.5 Å². The standard InChI is InChI=1S/C20H23N3O4/c1-14(20(25)21-15-2-7-18-19(12-15)27-13-26-18)22-8-10-23(11-9-22)16-3-5-17(24)6-4-16/h2-7,12,14,24H,8-11,13H2,1H3,(H,21,25). The van der Waals surface area contributed by atoms with E-state index in [4.69, 9.17) is 9.47 Å². The average molecular weight is 369 g/mol. The number of nitrogens with one attached hydrogen (secondary N) is 1. The Labute approximate surface area is 158 Å². The van der Waals surface area contributed by atoms with E-state index < -0.39 is 0 Å². The van der Waals surface area contributed by atoms with Crippen LogP contribution in [0.1, 0.15) is 6.92 Å². The third kappa shape index (κ3) is 3.78. The maximum Gasteiger partial charge on any atom is 0.241 e. The highest BCUT2D eigenvalue weighted by Crippen LogP contribution is 2.34. The highest BCUT2D eigenvalue weighted by molar-refractivity contribution is 5.94. The average Bonchev–Trinajstić information content (AvgIpc) is 3.16. The normalized spacial score (nSPS) is 17.6. The van der Waals surface area contributed by atoms with Crippen LogP contribution < -0.4 is 19.7 Å². The number of fused-ring (bicyclic) bond motifs is 1. The number of piperazine rings is 1. The van der Waals surface area contributed by atoms with Crippen LogP contribution in [-0.4, -0.2) is 54.9 Å². The highest BCUT2D eigenvalue weighted by atomic mass is 16.7. The molecule has 2 N–H and O–H groups in total. The molecule has 7 heteroatoms. The smallest absolute Gasteiger partial charge is 0.241 e. The molecule has 7 nitrogen and oxygen atoms in total. The van der Waals surface area contributed by atoms with Gasteiger partial charge in [0.2, 0.25) is 12.7 Å². The summed E-state index contributed by atoms with van der Waals surface area (Å²) in [7, 11) is 0. The minimum Gasteiger partial charge on any atom is -0.508 e. The van der Waals surface area contributed by atoms with E-state index in [2.05, 4.69) is 15.1 Å². The van der Waals surface area contributed by atoms with Crippen molar-refractivity contribution < 1.29 is 19.4 Å². The topological polar surface area (TPSA) is 74.3 Å². The molecule has 0 aliphatic carbocycles. The number of hydrogen-bond acceptors (Lipinski definition) is 6. The van der Waals surface area contributed by atoms with E-state index in [9.17, 15) is 9.90 Å². The number of rotatable bonds is 4. The van der Waals surface area contributed by atoms with Gasteiger partial charge in [-0.05, 0) is 43.3 Å². The zero-order valence-corrected chi connectivity index (χ0v) is 15.2. The molecule has 142 valence electrons. The van der Waals surface area contributed by atoms with Gasteiger partial charge < -0.3 is 24.8 Å². The summed E-state index contributed by atoms with van der Waals surface area (Å²) in [6.45, 7) is 5.43. The lowest BCUT2D eigenvalue weighted by Crippen LogP contribution is -2.52. The van der Waals surface area contributed by atoms with Crippen molar-refractivity contribution in [3.8, 4) is 17.2 Å². The molecule has 2 aliphatic rings. The molecule has 0 spiro atoms. The molecule has 2 aromatic rings. The van der Waals surface area contributed by atoms with E-state index in [1.807, 2.05) is 25.1 Å². The largest absolute Gasteiger partial charge is 0.508 e. The molecule has 0 radical (unpaired) electrons. The number of amides is 1. The molecule has 27 heavy (non-hydrogen) atoms. The Kier molecular flexibility index (Phi) is 4.77. The van der Waals surface area contributed by atoms with Gasteiger partial charge in [-0.2, -0.15) is 0 Å². The molecular weight excluding hydrogens is 346 g/mol. The number of hydrogen-bond donors (Lipinski definition) is 2. The first-order valence-electron chi connectivity index (χ1n) is 9.09. The molecule has 1 unspecified atom stereocenters. The Morgan fingerprint density at radius 3 is 2.48 bits per heavy atom. The van der Waals surface area contributed by atoms with E-state index in [1.54, 1.807) is 24.3 Å². The zero-order chi connectivity index (χ0) is 18.8. The Hall–Kier alpha value is -2.93. The van der Waals surface area contributed by atoms with E-state index >= 15 is 0 Å². The third-order valence-electron chi connectivity index (χ3n) is 5.10. The van der Waals surface area contributed by atoms with Crippen LogP contribution in [0.3, 0.4) is 0 Å². The Balaban J connectivity index is 1.32. The summed E-state index contributed by atoms with van der Waals surface area (Å²) in [6, 6.07) is 12.4. The number of carbonyl (C=O) groups is 1. The summed E-state index contributed by atoms with van der Waals surface area (Å²) in [5.41, 5.74) is 1.80. The summed E-state index contributed by atoms with van der Waals surface area (Å²) in [4.78, 5) is 17.1. The first-order valence-corrected chi connectivity index (χ1v) is 9.09. The number of phenols is 1. The van der Waals surface area contributed by atoms with Crippen LogP contribution in [0.25, 0.3) is 0 Å². The molecule has 2 aromatic carbocycles. The highest BCUT2D eigenvalue weighted by Gasteiger charge is 2.26. The molecule has 1 amide bonds. The van der Waals surface area contributed by atoms with Gasteiger partial charge in [-0.1, -0.05) is 0 Å². The van der Waals surface area contributed by atoms with Gasteiger partial charge in [-0.15, -0.1) is 0 Å².